The van der Waals surface area contributed by atoms with Gasteiger partial charge >= 0.3 is 6.18 Å². The Labute approximate surface area is 147 Å². The van der Waals surface area contributed by atoms with E-state index < -0.39 is 24.5 Å². The molecular weight excluding hydrogens is 411 g/mol. The summed E-state index contributed by atoms with van der Waals surface area (Å²) in [6.45, 7) is 2.19. The fourth-order valence-corrected chi connectivity index (χ4v) is 2.80. The molecule has 0 aliphatic carbocycles. The minimum atomic E-state index is -4.33. The van der Waals surface area contributed by atoms with Gasteiger partial charge in [0.15, 0.2) is 0 Å². The maximum atomic E-state index is 13.9. The number of benzene rings is 1. The van der Waals surface area contributed by atoms with Gasteiger partial charge in [-0.2, -0.15) is 13.2 Å². The van der Waals surface area contributed by atoms with Crippen molar-refractivity contribution >= 4 is 40.7 Å². The van der Waals surface area contributed by atoms with E-state index in [1.807, 2.05) is 0 Å². The van der Waals surface area contributed by atoms with E-state index in [0.717, 1.165) is 0 Å². The molecule has 1 saturated heterocycles. The lowest BCUT2D eigenvalue weighted by Crippen LogP contribution is -2.46. The van der Waals surface area contributed by atoms with E-state index in [-0.39, 0.29) is 30.4 Å². The summed E-state index contributed by atoms with van der Waals surface area (Å²) in [6, 6.07) is 3.15. The van der Waals surface area contributed by atoms with Crippen LogP contribution in [-0.4, -0.2) is 37.3 Å². The Bertz CT molecular complexity index is 468. The third-order valence-corrected chi connectivity index (χ3v) is 3.83. The second kappa shape index (κ2) is 9.27. The first-order valence-electron chi connectivity index (χ1n) is 6.33. The number of piperazine rings is 1. The maximum Gasteiger partial charge on any atom is 0.390 e. The van der Waals surface area contributed by atoms with Crippen molar-refractivity contribution in [2.75, 3.05) is 26.2 Å². The van der Waals surface area contributed by atoms with Gasteiger partial charge in [0.1, 0.15) is 5.82 Å². The molecule has 0 saturated carbocycles. The first kappa shape index (κ1) is 21.9. The Hall–Kier alpha value is -0.0800. The Kier molecular flexibility index (Phi) is 9.24. The fraction of sp³-hybridized carbons (Fsp3) is 0.538. The van der Waals surface area contributed by atoms with Crippen molar-refractivity contribution in [2.45, 2.75) is 18.6 Å². The van der Waals surface area contributed by atoms with Gasteiger partial charge in [-0.25, -0.2) is 4.39 Å². The summed E-state index contributed by atoms with van der Waals surface area (Å²) in [5.74, 6) is -0.596. The second-order valence-electron chi connectivity index (χ2n) is 4.79. The molecule has 1 atom stereocenters. The zero-order valence-corrected chi connectivity index (χ0v) is 14.7. The van der Waals surface area contributed by atoms with E-state index in [2.05, 4.69) is 21.2 Å². The largest absolute Gasteiger partial charge is 0.390 e. The number of halogens is 7. The molecule has 0 amide bonds. The van der Waals surface area contributed by atoms with Gasteiger partial charge in [-0.15, -0.1) is 24.8 Å². The van der Waals surface area contributed by atoms with E-state index in [1.54, 1.807) is 4.90 Å². The monoisotopic (exact) mass is 426 g/mol. The zero-order chi connectivity index (χ0) is 14.8. The van der Waals surface area contributed by atoms with E-state index in [4.69, 9.17) is 0 Å². The normalized spacial score (nSPS) is 17.3. The molecule has 1 aromatic carbocycles. The molecule has 9 heteroatoms. The van der Waals surface area contributed by atoms with Crippen molar-refractivity contribution < 1.29 is 17.6 Å². The summed E-state index contributed by atoms with van der Waals surface area (Å²) in [6.07, 6.45) is -5.37. The van der Waals surface area contributed by atoms with Crippen molar-refractivity contribution in [3.8, 4) is 0 Å². The number of alkyl halides is 3. The van der Waals surface area contributed by atoms with Crippen molar-refractivity contribution in [3.05, 3.63) is 34.1 Å². The molecule has 1 aliphatic rings. The summed E-state index contributed by atoms with van der Waals surface area (Å²) in [5, 5.41) is 3.08. The summed E-state index contributed by atoms with van der Waals surface area (Å²) in [7, 11) is 0. The molecule has 0 radical (unpaired) electrons. The summed E-state index contributed by atoms with van der Waals surface area (Å²) >= 11 is 3.19. The van der Waals surface area contributed by atoms with Gasteiger partial charge in [0, 0.05) is 42.3 Å². The lowest BCUT2D eigenvalue weighted by atomic mass is 10.0. The fourth-order valence-electron chi connectivity index (χ4n) is 2.42. The molecule has 22 heavy (non-hydrogen) atoms. The molecular formula is C13H17BrCl2F4N2. The Morgan fingerprint density at radius 3 is 2.32 bits per heavy atom. The summed E-state index contributed by atoms with van der Waals surface area (Å²) in [4.78, 5) is 1.69. The van der Waals surface area contributed by atoms with Gasteiger partial charge < -0.3 is 5.32 Å². The van der Waals surface area contributed by atoms with Crippen LogP contribution in [0.25, 0.3) is 0 Å². The standard InChI is InChI=1S/C13H15BrF4N2.2ClH/c14-9-1-2-11(15)10(7-9)12(8-13(16,17)18)20-5-3-19-4-6-20;;/h1-2,7,12,19H,3-6,8H2;2*1H/t12-;;/m0../s1. The highest BCUT2D eigenvalue weighted by atomic mass is 79.9. The predicted molar refractivity (Wildman–Crippen MR) is 86.5 cm³/mol. The molecule has 128 valence electrons. The minimum Gasteiger partial charge on any atom is -0.314 e. The van der Waals surface area contributed by atoms with Crippen molar-refractivity contribution in [1.29, 1.82) is 0 Å². The molecule has 0 bridgehead atoms. The van der Waals surface area contributed by atoms with Crippen LogP contribution in [-0.2, 0) is 0 Å². The van der Waals surface area contributed by atoms with Crippen LogP contribution in [0.1, 0.15) is 18.0 Å². The van der Waals surface area contributed by atoms with Gasteiger partial charge in [-0.3, -0.25) is 4.90 Å². The van der Waals surface area contributed by atoms with Crippen LogP contribution < -0.4 is 5.32 Å². The van der Waals surface area contributed by atoms with E-state index in [9.17, 15) is 17.6 Å². The quantitative estimate of drug-likeness (QED) is 0.722. The third kappa shape index (κ3) is 6.20. The molecule has 0 aromatic heterocycles. The van der Waals surface area contributed by atoms with Gasteiger partial charge in [0.05, 0.1) is 6.42 Å². The highest BCUT2D eigenvalue weighted by molar-refractivity contribution is 9.10. The van der Waals surface area contributed by atoms with Gasteiger partial charge in [-0.05, 0) is 18.2 Å². The van der Waals surface area contributed by atoms with Gasteiger partial charge in [0.25, 0.3) is 0 Å². The van der Waals surface area contributed by atoms with Crippen LogP contribution in [0.2, 0.25) is 0 Å². The van der Waals surface area contributed by atoms with Gasteiger partial charge in [0.2, 0.25) is 0 Å². The molecule has 1 N–H and O–H groups in total. The molecule has 1 heterocycles. The number of hydrogen-bond acceptors (Lipinski definition) is 2. The summed E-state index contributed by atoms with van der Waals surface area (Å²) in [5.41, 5.74) is 0.0959. The lowest BCUT2D eigenvalue weighted by molar-refractivity contribution is -0.149. The van der Waals surface area contributed by atoms with Crippen LogP contribution >= 0.6 is 40.7 Å². The second-order valence-corrected chi connectivity index (χ2v) is 5.70. The van der Waals surface area contributed by atoms with E-state index >= 15 is 0 Å². The number of nitrogens with one attached hydrogen (secondary N) is 1. The molecule has 1 fully saturated rings. The molecule has 0 spiro atoms. The smallest absolute Gasteiger partial charge is 0.314 e. The SMILES string of the molecule is Cl.Cl.Fc1ccc(Br)cc1[C@H](CC(F)(F)F)N1CCNCC1. The molecule has 2 nitrogen and oxygen atoms in total. The maximum absolute atomic E-state index is 13.9. The minimum absolute atomic E-state index is 0. The van der Waals surface area contributed by atoms with Gasteiger partial charge in [-0.1, -0.05) is 15.9 Å². The van der Waals surface area contributed by atoms with Crippen LogP contribution in [0.5, 0.6) is 0 Å². The Morgan fingerprint density at radius 2 is 1.77 bits per heavy atom. The summed E-state index contributed by atoms with van der Waals surface area (Å²) < 4.78 is 52.9. The van der Waals surface area contributed by atoms with Crippen LogP contribution in [0, 0.1) is 5.82 Å². The first-order valence-corrected chi connectivity index (χ1v) is 7.12. The molecule has 0 unspecified atom stereocenters. The lowest BCUT2D eigenvalue weighted by Gasteiger charge is -2.35. The predicted octanol–water partition coefficient (Wildman–Crippen LogP) is 4.33. The Balaban J connectivity index is 0.00000220. The number of hydrogen-bond donors (Lipinski definition) is 1. The molecule has 1 aromatic rings. The topological polar surface area (TPSA) is 15.3 Å². The highest BCUT2D eigenvalue weighted by Gasteiger charge is 2.37. The van der Waals surface area contributed by atoms with Crippen molar-refractivity contribution in [2.24, 2.45) is 0 Å². The molecule has 2 rings (SSSR count). The average Bonchev–Trinajstić information content (AvgIpc) is 2.39. The number of rotatable bonds is 3. The third-order valence-electron chi connectivity index (χ3n) is 3.33. The van der Waals surface area contributed by atoms with Crippen LogP contribution in [0.3, 0.4) is 0 Å². The van der Waals surface area contributed by atoms with E-state index in [1.165, 1.54) is 18.2 Å². The average molecular weight is 428 g/mol. The van der Waals surface area contributed by atoms with Crippen molar-refractivity contribution in [3.63, 3.8) is 0 Å². The highest BCUT2D eigenvalue weighted by Crippen LogP contribution is 2.36. The Morgan fingerprint density at radius 1 is 1.18 bits per heavy atom. The van der Waals surface area contributed by atoms with Crippen LogP contribution in [0.15, 0.2) is 22.7 Å². The van der Waals surface area contributed by atoms with Crippen molar-refractivity contribution in [1.82, 2.24) is 10.2 Å². The molecule has 1 aliphatic heterocycles. The van der Waals surface area contributed by atoms with Crippen LogP contribution in [0.4, 0.5) is 17.6 Å². The van der Waals surface area contributed by atoms with E-state index in [0.29, 0.717) is 30.7 Å². The first-order chi connectivity index (χ1) is 9.37. The number of nitrogens with zero attached hydrogens (tertiary/aromatic N) is 1. The zero-order valence-electron chi connectivity index (χ0n) is 11.5.